The van der Waals surface area contributed by atoms with E-state index in [0.717, 1.165) is 6.26 Å². The summed E-state index contributed by atoms with van der Waals surface area (Å²) in [6.45, 7) is 1.76. The van der Waals surface area contributed by atoms with Gasteiger partial charge in [-0.15, -0.1) is 0 Å². The van der Waals surface area contributed by atoms with Crippen molar-refractivity contribution in [1.82, 2.24) is 0 Å². The van der Waals surface area contributed by atoms with Crippen molar-refractivity contribution < 1.29 is 17.4 Å². The van der Waals surface area contributed by atoms with Gasteiger partial charge < -0.3 is 4.74 Å². The molecule has 0 radical (unpaired) electrons. The third kappa shape index (κ3) is 3.60. The molecule has 18 heavy (non-hydrogen) atoms. The molecule has 0 aromatic heterocycles. The summed E-state index contributed by atoms with van der Waals surface area (Å²) in [6, 6.07) is 1.86. The van der Waals surface area contributed by atoms with Crippen LogP contribution in [-0.2, 0) is 19.1 Å². The van der Waals surface area contributed by atoms with Crippen molar-refractivity contribution in [3.63, 3.8) is 0 Å². The maximum atomic E-state index is 10.8. The Balaban J connectivity index is 2.95. The average Bonchev–Trinajstić information content (AvgIpc) is 2.29. The van der Waals surface area contributed by atoms with Crippen molar-refractivity contribution in [3.8, 4) is 6.07 Å². The molecule has 1 unspecified atom stereocenters. The highest BCUT2D eigenvalue weighted by molar-refractivity contribution is 7.85. The van der Waals surface area contributed by atoms with Crippen molar-refractivity contribution in [3.05, 3.63) is 24.0 Å². The van der Waals surface area contributed by atoms with Gasteiger partial charge >= 0.3 is 10.1 Å². The lowest BCUT2D eigenvalue weighted by atomic mass is 9.79. The fraction of sp³-hybridized carbons (Fsp3) is 0.455. The van der Waals surface area contributed by atoms with Crippen LogP contribution in [0.3, 0.4) is 0 Å². The summed E-state index contributed by atoms with van der Waals surface area (Å²) >= 11 is 0. The smallest absolute Gasteiger partial charge is 0.325 e. The Labute approximate surface area is 106 Å². The van der Waals surface area contributed by atoms with E-state index in [1.165, 1.54) is 0 Å². The van der Waals surface area contributed by atoms with E-state index in [9.17, 15) is 8.42 Å². The fourth-order valence-electron chi connectivity index (χ4n) is 1.40. The average molecular weight is 270 g/mol. The Hall–Kier alpha value is -1.81. The molecule has 0 aliphatic heterocycles. The molecule has 7 heteroatoms. The Kier molecular flexibility index (Phi) is 4.14. The molecule has 0 saturated carbocycles. The zero-order valence-corrected chi connectivity index (χ0v) is 11.2. The molecule has 0 saturated heterocycles. The van der Waals surface area contributed by atoms with Gasteiger partial charge in [0.25, 0.3) is 0 Å². The summed E-state index contributed by atoms with van der Waals surface area (Å²) in [5, 5.41) is 12.4. The van der Waals surface area contributed by atoms with Crippen molar-refractivity contribution in [2.45, 2.75) is 13.3 Å². The van der Waals surface area contributed by atoms with Crippen molar-refractivity contribution in [2.24, 2.45) is 10.6 Å². The van der Waals surface area contributed by atoms with Gasteiger partial charge in [-0.25, -0.2) is 0 Å². The topological polar surface area (TPSA) is 88.8 Å². The number of rotatable bonds is 4. The van der Waals surface area contributed by atoms with E-state index in [0.29, 0.717) is 12.2 Å². The van der Waals surface area contributed by atoms with Crippen LogP contribution in [-0.4, -0.2) is 27.5 Å². The summed E-state index contributed by atoms with van der Waals surface area (Å²) in [5.41, 5.74) is -0.697. The summed E-state index contributed by atoms with van der Waals surface area (Å²) in [6.07, 6.45) is 6.59. The van der Waals surface area contributed by atoms with Crippen molar-refractivity contribution >= 4 is 15.8 Å². The highest BCUT2D eigenvalue weighted by Gasteiger charge is 2.30. The molecule has 0 N–H and O–H groups in total. The number of methoxy groups -OCH3 is 1. The number of allylic oxidation sites excluding steroid dienone is 3. The molecule has 1 rings (SSSR count). The largest absolute Gasteiger partial charge is 0.497 e. The standard InChI is InChI=1S/C11H14N2O4S/c1-11(6-4-9(16-2)5-7-11)10(8-12)13-17-18(3,14)15/h4-6H,7H2,1-3H3/b13-10+. The molecule has 1 aliphatic rings. The van der Waals surface area contributed by atoms with Crippen LogP contribution in [0.15, 0.2) is 29.1 Å². The highest BCUT2D eigenvalue weighted by Crippen LogP contribution is 2.31. The van der Waals surface area contributed by atoms with Gasteiger partial charge in [-0.05, 0) is 25.5 Å². The van der Waals surface area contributed by atoms with Gasteiger partial charge in [0, 0.05) is 5.41 Å². The second-order valence-electron chi connectivity index (χ2n) is 4.10. The van der Waals surface area contributed by atoms with Crippen LogP contribution >= 0.6 is 0 Å². The molecular weight excluding hydrogens is 256 g/mol. The number of ether oxygens (including phenoxy) is 1. The minimum atomic E-state index is -3.71. The van der Waals surface area contributed by atoms with Gasteiger partial charge in [0.15, 0.2) is 5.71 Å². The molecule has 0 bridgehead atoms. The second-order valence-corrected chi connectivity index (χ2v) is 5.65. The van der Waals surface area contributed by atoms with Crippen LogP contribution in [0.2, 0.25) is 0 Å². The normalized spacial score (nSPS) is 24.1. The van der Waals surface area contributed by atoms with E-state index in [-0.39, 0.29) is 5.71 Å². The lowest BCUT2D eigenvalue weighted by Crippen LogP contribution is -2.26. The monoisotopic (exact) mass is 270 g/mol. The van der Waals surface area contributed by atoms with Gasteiger partial charge in [0.1, 0.15) is 11.8 Å². The third-order valence-corrected chi connectivity index (χ3v) is 2.83. The maximum Gasteiger partial charge on any atom is 0.325 e. The molecule has 0 fully saturated rings. The van der Waals surface area contributed by atoms with Gasteiger partial charge in [0.2, 0.25) is 0 Å². The number of hydrogen-bond donors (Lipinski definition) is 0. The van der Waals surface area contributed by atoms with E-state index < -0.39 is 15.5 Å². The number of oxime groups is 1. The minimum absolute atomic E-state index is 0.00409. The van der Waals surface area contributed by atoms with Crippen LogP contribution in [0.5, 0.6) is 0 Å². The first-order valence-electron chi connectivity index (χ1n) is 5.11. The number of hydrogen-bond acceptors (Lipinski definition) is 6. The quantitative estimate of drug-likeness (QED) is 0.568. The molecule has 0 spiro atoms. The predicted octanol–water partition coefficient (Wildman–Crippen LogP) is 1.34. The highest BCUT2D eigenvalue weighted by atomic mass is 32.2. The van der Waals surface area contributed by atoms with Crippen LogP contribution < -0.4 is 0 Å². The second kappa shape index (κ2) is 5.23. The minimum Gasteiger partial charge on any atom is -0.497 e. The summed E-state index contributed by atoms with van der Waals surface area (Å²) in [4.78, 5) is 0. The molecule has 0 aromatic carbocycles. The first-order chi connectivity index (χ1) is 8.30. The Morgan fingerprint density at radius 1 is 1.61 bits per heavy atom. The Morgan fingerprint density at radius 2 is 2.28 bits per heavy atom. The summed E-state index contributed by atoms with van der Waals surface area (Å²) in [5.74, 6) is 0.689. The van der Waals surface area contributed by atoms with Gasteiger partial charge in [-0.2, -0.15) is 13.7 Å². The molecule has 0 aromatic rings. The van der Waals surface area contributed by atoms with E-state index in [1.54, 1.807) is 32.3 Å². The first-order valence-corrected chi connectivity index (χ1v) is 6.93. The van der Waals surface area contributed by atoms with Crippen molar-refractivity contribution in [1.29, 1.82) is 5.26 Å². The molecular formula is C11H14N2O4S. The fourth-order valence-corrected chi connectivity index (χ4v) is 1.61. The van der Waals surface area contributed by atoms with Gasteiger partial charge in [-0.3, -0.25) is 4.28 Å². The molecule has 0 amide bonds. The zero-order valence-electron chi connectivity index (χ0n) is 10.4. The maximum absolute atomic E-state index is 10.8. The first kappa shape index (κ1) is 14.3. The van der Waals surface area contributed by atoms with E-state index >= 15 is 0 Å². The lowest BCUT2D eigenvalue weighted by molar-refractivity contribution is 0.299. The van der Waals surface area contributed by atoms with Crippen LogP contribution in [0, 0.1) is 16.7 Å². The Bertz CT molecular complexity index is 554. The van der Waals surface area contributed by atoms with E-state index in [4.69, 9.17) is 10.00 Å². The van der Waals surface area contributed by atoms with E-state index in [2.05, 4.69) is 9.44 Å². The molecule has 6 nitrogen and oxygen atoms in total. The molecule has 1 aliphatic carbocycles. The Morgan fingerprint density at radius 3 is 2.67 bits per heavy atom. The third-order valence-electron chi connectivity index (χ3n) is 2.49. The lowest BCUT2D eigenvalue weighted by Gasteiger charge is -2.24. The zero-order chi connectivity index (χ0) is 13.8. The van der Waals surface area contributed by atoms with E-state index in [1.807, 2.05) is 6.07 Å². The number of nitriles is 1. The SMILES string of the molecule is COC1=CCC(C)(/C(C#N)=N/OS(C)(=O)=O)C=C1. The van der Waals surface area contributed by atoms with Crippen LogP contribution in [0.25, 0.3) is 0 Å². The molecule has 1 atom stereocenters. The number of nitrogens with zero attached hydrogens (tertiary/aromatic N) is 2. The van der Waals surface area contributed by atoms with Gasteiger partial charge in [0.05, 0.1) is 13.4 Å². The van der Waals surface area contributed by atoms with Gasteiger partial charge in [-0.1, -0.05) is 11.2 Å². The summed E-state index contributed by atoms with van der Waals surface area (Å²) < 4.78 is 31.0. The van der Waals surface area contributed by atoms with Crippen LogP contribution in [0.1, 0.15) is 13.3 Å². The molecule has 0 heterocycles. The van der Waals surface area contributed by atoms with Crippen molar-refractivity contribution in [2.75, 3.05) is 13.4 Å². The predicted molar refractivity (Wildman–Crippen MR) is 65.9 cm³/mol. The molecule has 98 valence electrons. The summed E-state index contributed by atoms with van der Waals surface area (Å²) in [7, 11) is -2.17. The van der Waals surface area contributed by atoms with Crippen LogP contribution in [0.4, 0.5) is 0 Å².